The van der Waals surface area contributed by atoms with Gasteiger partial charge in [0.15, 0.2) is 6.10 Å². The SMILES string of the molecule is COCCNC(=O)[C@@H](C)OC(=O)CSc1cc(F)ccc1F. The maximum Gasteiger partial charge on any atom is 0.317 e. The first-order valence-corrected chi connectivity index (χ1v) is 7.46. The number of carbonyl (C=O) groups is 2. The number of benzene rings is 1. The van der Waals surface area contributed by atoms with Gasteiger partial charge in [0.2, 0.25) is 0 Å². The second-order valence-electron chi connectivity index (χ2n) is 4.28. The summed E-state index contributed by atoms with van der Waals surface area (Å²) in [7, 11) is 1.50. The summed E-state index contributed by atoms with van der Waals surface area (Å²) in [6.45, 7) is 2.08. The molecule has 0 fully saturated rings. The van der Waals surface area contributed by atoms with E-state index in [-0.39, 0.29) is 10.6 Å². The molecule has 0 radical (unpaired) electrons. The second-order valence-corrected chi connectivity index (χ2v) is 5.30. The van der Waals surface area contributed by atoms with Gasteiger partial charge in [-0.25, -0.2) is 8.78 Å². The Labute approximate surface area is 131 Å². The van der Waals surface area contributed by atoms with Crippen LogP contribution < -0.4 is 5.32 Å². The molecule has 1 aromatic rings. The minimum Gasteiger partial charge on any atom is -0.452 e. The number of nitrogens with one attached hydrogen (secondary N) is 1. The van der Waals surface area contributed by atoms with Crippen molar-refractivity contribution < 1.29 is 27.8 Å². The molecule has 0 bridgehead atoms. The largest absolute Gasteiger partial charge is 0.452 e. The van der Waals surface area contributed by atoms with Crippen LogP contribution >= 0.6 is 11.8 Å². The molecule has 1 N–H and O–H groups in total. The van der Waals surface area contributed by atoms with E-state index < -0.39 is 29.6 Å². The molecule has 0 aliphatic carbocycles. The number of methoxy groups -OCH3 is 1. The summed E-state index contributed by atoms with van der Waals surface area (Å²) < 4.78 is 36.0. The summed E-state index contributed by atoms with van der Waals surface area (Å²) in [6.07, 6.45) is -0.970. The van der Waals surface area contributed by atoms with Gasteiger partial charge >= 0.3 is 5.97 Å². The Morgan fingerprint density at radius 1 is 1.36 bits per heavy atom. The molecule has 0 aliphatic heterocycles. The third-order valence-electron chi connectivity index (χ3n) is 2.52. The highest BCUT2D eigenvalue weighted by molar-refractivity contribution is 8.00. The minimum atomic E-state index is -0.970. The van der Waals surface area contributed by atoms with Crippen molar-refractivity contribution >= 4 is 23.6 Å². The second kappa shape index (κ2) is 9.37. The fourth-order valence-corrected chi connectivity index (χ4v) is 2.17. The van der Waals surface area contributed by atoms with Crippen LogP contribution in [-0.4, -0.2) is 44.0 Å². The number of hydrogen-bond donors (Lipinski definition) is 1. The summed E-state index contributed by atoms with van der Waals surface area (Å²) in [6, 6.07) is 2.97. The van der Waals surface area contributed by atoms with Gasteiger partial charge in [-0.1, -0.05) is 0 Å². The molecule has 0 heterocycles. The zero-order valence-corrected chi connectivity index (χ0v) is 13.0. The van der Waals surface area contributed by atoms with E-state index in [1.165, 1.54) is 14.0 Å². The van der Waals surface area contributed by atoms with Gasteiger partial charge in [-0.2, -0.15) is 0 Å². The number of esters is 1. The van der Waals surface area contributed by atoms with E-state index >= 15 is 0 Å². The van der Waals surface area contributed by atoms with E-state index in [4.69, 9.17) is 9.47 Å². The molecule has 1 atom stereocenters. The number of halogens is 2. The van der Waals surface area contributed by atoms with Gasteiger partial charge in [-0.05, 0) is 25.1 Å². The maximum atomic E-state index is 13.4. The van der Waals surface area contributed by atoms with Crippen LogP contribution in [0.3, 0.4) is 0 Å². The summed E-state index contributed by atoms with van der Waals surface area (Å²) in [5, 5.41) is 2.52. The number of rotatable bonds is 8. The Balaban J connectivity index is 2.39. The predicted molar refractivity (Wildman–Crippen MR) is 77.5 cm³/mol. The molecule has 1 amide bonds. The van der Waals surface area contributed by atoms with Crippen molar-refractivity contribution in [3.05, 3.63) is 29.8 Å². The van der Waals surface area contributed by atoms with Crippen LogP contribution in [0.15, 0.2) is 23.1 Å². The molecule has 0 aromatic heterocycles. The third kappa shape index (κ3) is 6.40. The number of ether oxygens (including phenoxy) is 2. The highest BCUT2D eigenvalue weighted by Crippen LogP contribution is 2.22. The monoisotopic (exact) mass is 333 g/mol. The zero-order chi connectivity index (χ0) is 16.5. The van der Waals surface area contributed by atoms with E-state index in [1.807, 2.05) is 0 Å². The van der Waals surface area contributed by atoms with E-state index in [0.29, 0.717) is 13.2 Å². The topological polar surface area (TPSA) is 64.6 Å². The van der Waals surface area contributed by atoms with Gasteiger partial charge in [0.05, 0.1) is 12.4 Å². The zero-order valence-electron chi connectivity index (χ0n) is 12.2. The maximum absolute atomic E-state index is 13.4. The molecular weight excluding hydrogens is 316 g/mol. The van der Waals surface area contributed by atoms with E-state index in [0.717, 1.165) is 30.0 Å². The number of amides is 1. The summed E-state index contributed by atoms with van der Waals surface area (Å²) in [5.41, 5.74) is 0. The molecule has 0 saturated carbocycles. The Morgan fingerprint density at radius 3 is 2.77 bits per heavy atom. The smallest absolute Gasteiger partial charge is 0.317 e. The molecule has 22 heavy (non-hydrogen) atoms. The van der Waals surface area contributed by atoms with Crippen molar-refractivity contribution in [1.82, 2.24) is 5.32 Å². The van der Waals surface area contributed by atoms with Crippen LogP contribution in [0.25, 0.3) is 0 Å². The molecule has 1 aromatic carbocycles. The van der Waals surface area contributed by atoms with E-state index in [1.54, 1.807) is 0 Å². The van der Waals surface area contributed by atoms with Crippen LogP contribution in [0.4, 0.5) is 8.78 Å². The van der Waals surface area contributed by atoms with Gasteiger partial charge in [-0.15, -0.1) is 11.8 Å². The Bertz CT molecular complexity index is 528. The van der Waals surface area contributed by atoms with Crippen molar-refractivity contribution in [3.63, 3.8) is 0 Å². The first-order valence-electron chi connectivity index (χ1n) is 6.48. The van der Waals surface area contributed by atoms with E-state index in [2.05, 4.69) is 5.32 Å². The molecule has 0 saturated heterocycles. The number of thioether (sulfide) groups is 1. The lowest BCUT2D eigenvalue weighted by atomic mass is 10.3. The lowest BCUT2D eigenvalue weighted by molar-refractivity contribution is -0.152. The lowest BCUT2D eigenvalue weighted by Crippen LogP contribution is -2.37. The number of carbonyl (C=O) groups excluding carboxylic acids is 2. The Morgan fingerprint density at radius 2 is 2.09 bits per heavy atom. The average molecular weight is 333 g/mol. The van der Waals surface area contributed by atoms with Gasteiger partial charge in [-0.3, -0.25) is 9.59 Å². The lowest BCUT2D eigenvalue weighted by Gasteiger charge is -2.13. The molecule has 5 nitrogen and oxygen atoms in total. The molecule has 1 rings (SSSR count). The molecule has 0 unspecified atom stereocenters. The normalized spacial score (nSPS) is 11.8. The van der Waals surface area contributed by atoms with Gasteiger partial charge in [0.25, 0.3) is 5.91 Å². The van der Waals surface area contributed by atoms with E-state index in [9.17, 15) is 18.4 Å². The van der Waals surface area contributed by atoms with Crippen LogP contribution in [0.1, 0.15) is 6.92 Å². The molecule has 8 heteroatoms. The first-order chi connectivity index (χ1) is 10.4. The molecule has 122 valence electrons. The van der Waals surface area contributed by atoms with Crippen LogP contribution in [-0.2, 0) is 19.1 Å². The molecule has 0 aliphatic rings. The van der Waals surface area contributed by atoms with Gasteiger partial charge < -0.3 is 14.8 Å². The van der Waals surface area contributed by atoms with Crippen molar-refractivity contribution in [3.8, 4) is 0 Å². The van der Waals surface area contributed by atoms with Crippen molar-refractivity contribution in [2.75, 3.05) is 26.0 Å². The minimum absolute atomic E-state index is 0.00847. The summed E-state index contributed by atoms with van der Waals surface area (Å²) in [5.74, 6) is -2.58. The Hall–Kier alpha value is -1.67. The van der Waals surface area contributed by atoms with Crippen molar-refractivity contribution in [2.24, 2.45) is 0 Å². The quantitative estimate of drug-likeness (QED) is 0.446. The highest BCUT2D eigenvalue weighted by atomic mass is 32.2. The van der Waals surface area contributed by atoms with Crippen molar-refractivity contribution in [2.45, 2.75) is 17.9 Å². The van der Waals surface area contributed by atoms with Crippen LogP contribution in [0, 0.1) is 11.6 Å². The Kier molecular flexibility index (Phi) is 7.83. The van der Waals surface area contributed by atoms with Crippen LogP contribution in [0.2, 0.25) is 0 Å². The fraction of sp³-hybridized carbons (Fsp3) is 0.429. The van der Waals surface area contributed by atoms with Gasteiger partial charge in [0.1, 0.15) is 11.6 Å². The summed E-state index contributed by atoms with van der Waals surface area (Å²) >= 11 is 0.803. The fourth-order valence-electron chi connectivity index (χ4n) is 1.43. The standard InChI is InChI=1S/C14H17F2NO4S/c1-9(14(19)17-5-6-20-2)21-13(18)8-22-12-7-10(15)3-4-11(12)16/h3-4,7,9H,5-6,8H2,1-2H3,(H,17,19)/t9-/m1/s1. The highest BCUT2D eigenvalue weighted by Gasteiger charge is 2.18. The third-order valence-corrected chi connectivity index (χ3v) is 3.53. The molecule has 0 spiro atoms. The van der Waals surface area contributed by atoms with Crippen LogP contribution in [0.5, 0.6) is 0 Å². The predicted octanol–water partition coefficient (Wildman–Crippen LogP) is 1.75. The average Bonchev–Trinajstić information content (AvgIpc) is 2.48. The first kappa shape index (κ1) is 18.4. The van der Waals surface area contributed by atoms with Gasteiger partial charge in [0, 0.05) is 18.6 Å². The van der Waals surface area contributed by atoms with Crippen molar-refractivity contribution in [1.29, 1.82) is 0 Å². The summed E-state index contributed by atoms with van der Waals surface area (Å²) in [4.78, 5) is 23.2. The molecular formula is C14H17F2NO4S. The number of hydrogen-bond acceptors (Lipinski definition) is 5.